The first-order chi connectivity index (χ1) is 19.3. The topological polar surface area (TPSA) is 190 Å². The van der Waals surface area contributed by atoms with Crippen LogP contribution in [0, 0.1) is 11.8 Å². The van der Waals surface area contributed by atoms with Crippen molar-refractivity contribution in [2.75, 3.05) is 25.3 Å². The van der Waals surface area contributed by atoms with Crippen molar-refractivity contribution in [1.82, 2.24) is 4.90 Å². The van der Waals surface area contributed by atoms with E-state index in [0.29, 0.717) is 22.4 Å². The molecular formula is C29H28ClN3O8. The minimum atomic E-state index is -2.69. The van der Waals surface area contributed by atoms with Crippen LogP contribution in [-0.2, 0) is 20.8 Å². The van der Waals surface area contributed by atoms with Crippen LogP contribution >= 0.6 is 11.6 Å². The van der Waals surface area contributed by atoms with E-state index < -0.39 is 58.0 Å². The smallest absolute Gasteiger partial charge is 0.255 e. The number of likely N-dealkylation sites (N-methyl/N-ethyl adjacent to an activating group) is 1. The molecule has 0 aliphatic heterocycles. The van der Waals surface area contributed by atoms with Crippen molar-refractivity contribution in [3.05, 3.63) is 70.2 Å². The number of primary amides is 1. The zero-order chi connectivity index (χ0) is 30.0. The Hall–Kier alpha value is -4.19. The maximum Gasteiger partial charge on any atom is 0.255 e. The number of ketones is 2. The third-order valence-corrected chi connectivity index (χ3v) is 8.45. The van der Waals surface area contributed by atoms with Gasteiger partial charge in [0.2, 0.25) is 11.7 Å². The molecule has 2 aromatic rings. The van der Waals surface area contributed by atoms with E-state index in [9.17, 15) is 39.6 Å². The number of aromatic hydroxyl groups is 1. The molecule has 7 N–H and O–H groups in total. The fourth-order valence-electron chi connectivity index (χ4n) is 6.45. The number of halogens is 1. The third kappa shape index (κ3) is 4.19. The van der Waals surface area contributed by atoms with E-state index in [4.69, 9.17) is 17.3 Å². The average molecular weight is 582 g/mol. The summed E-state index contributed by atoms with van der Waals surface area (Å²) in [6.45, 7) is 0. The molecule has 41 heavy (non-hydrogen) atoms. The Morgan fingerprint density at radius 3 is 2.34 bits per heavy atom. The van der Waals surface area contributed by atoms with Crippen LogP contribution in [0.2, 0.25) is 0 Å². The minimum Gasteiger partial charge on any atom is -0.510 e. The number of carbonyl (C=O) groups is 4. The monoisotopic (exact) mass is 581 g/mol. The number of fused-ring (bicyclic) bond motifs is 3. The predicted octanol–water partition coefficient (Wildman–Crippen LogP) is 1.96. The number of nitrogens with zero attached hydrogens (tertiary/aromatic N) is 1. The van der Waals surface area contributed by atoms with Crippen LogP contribution in [0.15, 0.2) is 59.1 Å². The number of alkyl halides is 1. The molecule has 0 spiro atoms. The normalized spacial score (nSPS) is 25.5. The molecule has 0 saturated carbocycles. The van der Waals surface area contributed by atoms with E-state index in [1.807, 2.05) is 0 Å². The van der Waals surface area contributed by atoms with Crippen molar-refractivity contribution in [1.29, 1.82) is 0 Å². The molecule has 0 aromatic heterocycles. The van der Waals surface area contributed by atoms with E-state index in [-0.39, 0.29) is 41.5 Å². The van der Waals surface area contributed by atoms with Gasteiger partial charge in [0, 0.05) is 17.2 Å². The van der Waals surface area contributed by atoms with Crippen molar-refractivity contribution in [2.45, 2.75) is 24.5 Å². The maximum atomic E-state index is 13.9. The molecule has 2 amide bonds. The summed E-state index contributed by atoms with van der Waals surface area (Å²) >= 11 is 5.55. The summed E-state index contributed by atoms with van der Waals surface area (Å²) in [5.41, 5.74) is 3.84. The summed E-state index contributed by atoms with van der Waals surface area (Å²) in [6.07, 6.45) is 0.146. The number of nitrogens with one attached hydrogen (secondary N) is 1. The highest BCUT2D eigenvalue weighted by Gasteiger charge is 2.63. The SMILES string of the molecule is CN(C)[C@@H]1C(O)=C(C(N)=O)C(=O)[C@@]2(O)C(O)=C3C(=O)c4c(O)ccc(-c5ccc(NC(=O)CCl)cc5)c4C[C@H]3C[C@@H]12. The van der Waals surface area contributed by atoms with Crippen LogP contribution in [0.3, 0.4) is 0 Å². The van der Waals surface area contributed by atoms with Gasteiger partial charge in [-0.25, -0.2) is 0 Å². The zero-order valence-electron chi connectivity index (χ0n) is 22.1. The van der Waals surface area contributed by atoms with Crippen LogP contribution in [0.25, 0.3) is 11.1 Å². The molecule has 2 aromatic carbocycles. The third-order valence-electron chi connectivity index (χ3n) is 8.21. The van der Waals surface area contributed by atoms with Crippen molar-refractivity contribution < 1.29 is 39.6 Å². The zero-order valence-corrected chi connectivity index (χ0v) is 22.9. The first kappa shape index (κ1) is 28.3. The number of rotatable bonds is 5. The highest BCUT2D eigenvalue weighted by Crippen LogP contribution is 2.53. The fraction of sp³-hybridized carbons (Fsp3) is 0.310. The van der Waals surface area contributed by atoms with Gasteiger partial charge in [0.15, 0.2) is 11.4 Å². The summed E-state index contributed by atoms with van der Waals surface area (Å²) in [6, 6.07) is 8.73. The lowest BCUT2D eigenvalue weighted by atomic mass is 9.58. The lowest BCUT2D eigenvalue weighted by molar-refractivity contribution is -0.148. The molecule has 3 aliphatic rings. The van der Waals surface area contributed by atoms with E-state index in [2.05, 4.69) is 5.32 Å². The lowest BCUT2D eigenvalue weighted by Crippen LogP contribution is -2.63. The number of Topliss-reactive ketones (excluding diaryl/α,β-unsaturated/α-hetero) is 2. The second kappa shape index (κ2) is 10.0. The number of allylic oxidation sites excluding steroid dienone is 1. The fourth-order valence-corrected chi connectivity index (χ4v) is 6.52. The van der Waals surface area contributed by atoms with Gasteiger partial charge in [-0.3, -0.25) is 24.1 Å². The summed E-state index contributed by atoms with van der Waals surface area (Å²) in [5.74, 6) is -7.58. The van der Waals surface area contributed by atoms with Gasteiger partial charge < -0.3 is 31.5 Å². The predicted molar refractivity (Wildman–Crippen MR) is 148 cm³/mol. The molecule has 0 radical (unpaired) electrons. The van der Waals surface area contributed by atoms with Crippen LogP contribution in [0.4, 0.5) is 5.69 Å². The molecule has 12 heteroatoms. The summed E-state index contributed by atoms with van der Waals surface area (Å²) in [7, 11) is 3.14. The number of amides is 2. The molecule has 0 unspecified atom stereocenters. The van der Waals surface area contributed by atoms with Gasteiger partial charge in [0.1, 0.15) is 28.7 Å². The molecule has 4 atom stereocenters. The van der Waals surface area contributed by atoms with Gasteiger partial charge in [0.25, 0.3) is 5.91 Å². The number of aliphatic hydroxyl groups is 3. The number of anilines is 1. The second-order valence-electron chi connectivity index (χ2n) is 10.7. The van der Waals surface area contributed by atoms with Gasteiger partial charge in [-0.15, -0.1) is 11.6 Å². The van der Waals surface area contributed by atoms with Gasteiger partial charge in [0.05, 0.1) is 11.6 Å². The standard InChI is InChI=1S/C29H28ClN3O8/c1-33(2)23-17-10-13-9-16-15(12-3-5-14(6-4-12)32-19(35)11-30)7-8-18(34)21(16)24(36)20(13)26(38)29(17,41)27(39)22(25(23)37)28(31)40/h3-8,13,17,23,34,37-38,41H,9-11H2,1-2H3,(H2,31,40)(H,32,35)/t13-,17-,23-,29-/m0/s1. The van der Waals surface area contributed by atoms with Gasteiger partial charge >= 0.3 is 0 Å². The van der Waals surface area contributed by atoms with Gasteiger partial charge in [-0.05, 0) is 67.7 Å². The Balaban J connectivity index is 1.64. The highest BCUT2D eigenvalue weighted by molar-refractivity contribution is 6.29. The summed E-state index contributed by atoms with van der Waals surface area (Å²) in [4.78, 5) is 52.5. The van der Waals surface area contributed by atoms with Crippen LogP contribution in [-0.4, -0.2) is 80.3 Å². The van der Waals surface area contributed by atoms with Crippen LogP contribution in [0.1, 0.15) is 22.3 Å². The molecule has 3 aliphatic carbocycles. The largest absolute Gasteiger partial charge is 0.510 e. The lowest BCUT2D eigenvalue weighted by Gasteiger charge is -2.50. The number of nitrogens with two attached hydrogens (primary N) is 1. The first-order valence-corrected chi connectivity index (χ1v) is 13.3. The maximum absolute atomic E-state index is 13.9. The minimum absolute atomic E-state index is 0.00967. The molecular weight excluding hydrogens is 554 g/mol. The van der Waals surface area contributed by atoms with Crippen LogP contribution in [0.5, 0.6) is 5.75 Å². The molecule has 11 nitrogen and oxygen atoms in total. The molecule has 5 rings (SSSR count). The summed E-state index contributed by atoms with van der Waals surface area (Å²) in [5, 5.41) is 47.4. The van der Waals surface area contributed by atoms with E-state index in [0.717, 1.165) is 0 Å². The Labute approximate surface area is 239 Å². The average Bonchev–Trinajstić information content (AvgIpc) is 2.91. The second-order valence-corrected chi connectivity index (χ2v) is 11.0. The van der Waals surface area contributed by atoms with Gasteiger partial charge in [-0.2, -0.15) is 0 Å². The number of phenols is 1. The van der Waals surface area contributed by atoms with E-state index in [1.165, 1.54) is 11.0 Å². The van der Waals surface area contributed by atoms with Crippen molar-refractivity contribution in [2.24, 2.45) is 17.6 Å². The number of aliphatic hydroxyl groups excluding tert-OH is 2. The quantitative estimate of drug-likeness (QED) is 0.226. The highest BCUT2D eigenvalue weighted by atomic mass is 35.5. The van der Waals surface area contributed by atoms with E-state index >= 15 is 0 Å². The number of hydrogen-bond donors (Lipinski definition) is 6. The number of carbonyl (C=O) groups excluding carboxylic acids is 4. The molecule has 214 valence electrons. The van der Waals surface area contributed by atoms with Gasteiger partial charge in [-0.1, -0.05) is 18.2 Å². The number of phenolic OH excluding ortho intramolecular Hbond substituents is 1. The Bertz CT molecular complexity index is 1580. The molecule has 0 fully saturated rings. The molecule has 0 heterocycles. The Kier molecular flexibility index (Phi) is 6.93. The van der Waals surface area contributed by atoms with Crippen molar-refractivity contribution in [3.63, 3.8) is 0 Å². The number of benzene rings is 2. The Morgan fingerprint density at radius 1 is 1.10 bits per heavy atom. The Morgan fingerprint density at radius 2 is 1.76 bits per heavy atom. The number of hydrogen-bond acceptors (Lipinski definition) is 9. The molecule has 0 bridgehead atoms. The van der Waals surface area contributed by atoms with Crippen LogP contribution < -0.4 is 11.1 Å². The van der Waals surface area contributed by atoms with Crippen molar-refractivity contribution in [3.8, 4) is 16.9 Å². The molecule has 0 saturated heterocycles. The first-order valence-electron chi connectivity index (χ1n) is 12.8. The van der Waals surface area contributed by atoms with E-state index in [1.54, 1.807) is 44.4 Å². The summed E-state index contributed by atoms with van der Waals surface area (Å²) < 4.78 is 0. The van der Waals surface area contributed by atoms with Crippen molar-refractivity contribution >= 4 is 40.7 Å².